The van der Waals surface area contributed by atoms with Crippen LogP contribution in [0.15, 0.2) is 39.8 Å². The quantitative estimate of drug-likeness (QED) is 0.790. The molecule has 0 amide bonds. The number of sulfonamides is 1. The lowest BCUT2D eigenvalue weighted by atomic mass is 9.95. The Bertz CT molecular complexity index is 764. The van der Waals surface area contributed by atoms with Gasteiger partial charge in [-0.25, -0.2) is 18.1 Å². The van der Waals surface area contributed by atoms with E-state index in [-0.39, 0.29) is 10.3 Å². The summed E-state index contributed by atoms with van der Waals surface area (Å²) in [6.07, 6.45) is 1.55. The molecule has 0 atom stereocenters. The van der Waals surface area contributed by atoms with Gasteiger partial charge in [0.25, 0.3) is 0 Å². The zero-order chi connectivity index (χ0) is 17.8. The van der Waals surface area contributed by atoms with Gasteiger partial charge < -0.3 is 9.15 Å². The second-order valence-corrected chi connectivity index (χ2v) is 8.17. The van der Waals surface area contributed by atoms with E-state index in [0.29, 0.717) is 31.3 Å². The van der Waals surface area contributed by atoms with Crippen LogP contribution in [0, 0.1) is 12.3 Å². The van der Waals surface area contributed by atoms with E-state index < -0.39 is 10.0 Å². The van der Waals surface area contributed by atoms with Crippen LogP contribution in [0.4, 0.5) is 0 Å². The zero-order valence-corrected chi connectivity index (χ0v) is 15.3. The van der Waals surface area contributed by atoms with E-state index in [9.17, 15) is 8.42 Å². The standard InChI is InChI=1S/C17H24N2O4S/c1-5-22-12-17(3,4)11-18-24(20,21)15-8-6-14(7-9-15)16-10-23-13(2)19-16/h6-10,18H,5,11-12H2,1-4H3. The first-order valence-electron chi connectivity index (χ1n) is 7.83. The van der Waals surface area contributed by atoms with E-state index in [1.54, 1.807) is 37.5 Å². The number of hydrogen-bond acceptors (Lipinski definition) is 5. The Hall–Kier alpha value is -1.70. The van der Waals surface area contributed by atoms with E-state index in [0.717, 1.165) is 5.56 Å². The molecule has 24 heavy (non-hydrogen) atoms. The zero-order valence-electron chi connectivity index (χ0n) is 14.5. The van der Waals surface area contributed by atoms with Gasteiger partial charge in [0.2, 0.25) is 10.0 Å². The predicted molar refractivity (Wildman–Crippen MR) is 92.1 cm³/mol. The SMILES string of the molecule is CCOCC(C)(C)CNS(=O)(=O)c1ccc(-c2coc(C)n2)cc1. The molecule has 6 nitrogen and oxygen atoms in total. The average molecular weight is 352 g/mol. The first-order valence-corrected chi connectivity index (χ1v) is 9.32. The summed E-state index contributed by atoms with van der Waals surface area (Å²) in [5.74, 6) is 0.569. The molecule has 0 aliphatic carbocycles. The number of benzene rings is 1. The number of ether oxygens (including phenoxy) is 1. The summed E-state index contributed by atoms with van der Waals surface area (Å²) in [5.41, 5.74) is 1.21. The summed E-state index contributed by atoms with van der Waals surface area (Å²) < 4.78 is 38.0. The third kappa shape index (κ3) is 4.90. The summed E-state index contributed by atoms with van der Waals surface area (Å²) in [5, 5.41) is 0. The van der Waals surface area contributed by atoms with Gasteiger partial charge in [-0.05, 0) is 19.1 Å². The van der Waals surface area contributed by atoms with Gasteiger partial charge in [0.15, 0.2) is 5.89 Å². The normalized spacial score (nSPS) is 12.5. The van der Waals surface area contributed by atoms with Crippen LogP contribution in [-0.4, -0.2) is 33.2 Å². The number of aromatic nitrogens is 1. The van der Waals surface area contributed by atoms with Crippen molar-refractivity contribution in [1.29, 1.82) is 0 Å². The van der Waals surface area contributed by atoms with E-state index in [1.807, 2.05) is 20.8 Å². The lowest BCUT2D eigenvalue weighted by molar-refractivity contribution is 0.0734. The summed E-state index contributed by atoms with van der Waals surface area (Å²) >= 11 is 0. The van der Waals surface area contributed by atoms with Crippen LogP contribution in [0.5, 0.6) is 0 Å². The first kappa shape index (κ1) is 18.6. The Morgan fingerprint density at radius 3 is 2.46 bits per heavy atom. The highest BCUT2D eigenvalue weighted by atomic mass is 32.2. The average Bonchev–Trinajstić information content (AvgIpc) is 2.98. The summed E-state index contributed by atoms with van der Waals surface area (Å²) in [7, 11) is -3.56. The van der Waals surface area contributed by atoms with Gasteiger partial charge in [0.05, 0.1) is 11.5 Å². The molecule has 1 aromatic carbocycles. The second-order valence-electron chi connectivity index (χ2n) is 6.40. The topological polar surface area (TPSA) is 81.4 Å². The molecule has 0 unspecified atom stereocenters. The molecule has 0 saturated heterocycles. The van der Waals surface area contributed by atoms with E-state index >= 15 is 0 Å². The highest BCUT2D eigenvalue weighted by Gasteiger charge is 2.22. The van der Waals surface area contributed by atoms with Crippen LogP contribution < -0.4 is 4.72 Å². The Kier molecular flexibility index (Phi) is 5.79. The van der Waals surface area contributed by atoms with Crippen LogP contribution in [0.2, 0.25) is 0 Å². The minimum atomic E-state index is -3.56. The second kappa shape index (κ2) is 7.46. The van der Waals surface area contributed by atoms with Crippen LogP contribution >= 0.6 is 0 Å². The molecule has 2 aromatic rings. The number of aryl methyl sites for hydroxylation is 1. The molecular weight excluding hydrogens is 328 g/mol. The minimum Gasteiger partial charge on any atom is -0.449 e. The van der Waals surface area contributed by atoms with Crippen molar-refractivity contribution in [2.75, 3.05) is 19.8 Å². The van der Waals surface area contributed by atoms with Gasteiger partial charge in [-0.3, -0.25) is 0 Å². The highest BCUT2D eigenvalue weighted by molar-refractivity contribution is 7.89. The number of rotatable bonds is 8. The number of hydrogen-bond donors (Lipinski definition) is 1. The Balaban J connectivity index is 2.07. The fourth-order valence-electron chi connectivity index (χ4n) is 2.10. The Morgan fingerprint density at radius 2 is 1.92 bits per heavy atom. The summed E-state index contributed by atoms with van der Waals surface area (Å²) in [4.78, 5) is 4.45. The Labute approximate surface area is 143 Å². The monoisotopic (exact) mass is 352 g/mol. The van der Waals surface area contributed by atoms with E-state index in [1.165, 1.54) is 0 Å². The van der Waals surface area contributed by atoms with Crippen molar-refractivity contribution in [3.05, 3.63) is 36.4 Å². The van der Waals surface area contributed by atoms with Gasteiger partial charge in [0, 0.05) is 31.1 Å². The molecule has 132 valence electrons. The van der Waals surface area contributed by atoms with Gasteiger partial charge in [0.1, 0.15) is 12.0 Å². The van der Waals surface area contributed by atoms with Gasteiger partial charge >= 0.3 is 0 Å². The highest BCUT2D eigenvalue weighted by Crippen LogP contribution is 2.21. The van der Waals surface area contributed by atoms with Crippen molar-refractivity contribution < 1.29 is 17.6 Å². The maximum Gasteiger partial charge on any atom is 0.240 e. The Morgan fingerprint density at radius 1 is 1.25 bits per heavy atom. The maximum absolute atomic E-state index is 12.4. The van der Waals surface area contributed by atoms with Crippen LogP contribution in [0.1, 0.15) is 26.7 Å². The molecule has 0 bridgehead atoms. The van der Waals surface area contributed by atoms with Crippen molar-refractivity contribution in [3.8, 4) is 11.3 Å². The predicted octanol–water partition coefficient (Wildman–Crippen LogP) is 2.99. The van der Waals surface area contributed by atoms with Crippen molar-refractivity contribution >= 4 is 10.0 Å². The van der Waals surface area contributed by atoms with E-state index in [4.69, 9.17) is 9.15 Å². The lowest BCUT2D eigenvalue weighted by Gasteiger charge is -2.24. The number of nitrogens with one attached hydrogen (secondary N) is 1. The summed E-state index contributed by atoms with van der Waals surface area (Å²) in [6.45, 7) is 9.01. The lowest BCUT2D eigenvalue weighted by Crippen LogP contribution is -2.36. The maximum atomic E-state index is 12.4. The van der Waals surface area contributed by atoms with Crippen molar-refractivity contribution in [1.82, 2.24) is 9.71 Å². The molecule has 0 radical (unpaired) electrons. The number of nitrogens with zero attached hydrogens (tertiary/aromatic N) is 1. The third-order valence-corrected chi connectivity index (χ3v) is 4.93. The van der Waals surface area contributed by atoms with Crippen LogP contribution in [0.25, 0.3) is 11.3 Å². The van der Waals surface area contributed by atoms with Gasteiger partial charge in [-0.15, -0.1) is 0 Å². The van der Waals surface area contributed by atoms with Crippen molar-refractivity contribution in [3.63, 3.8) is 0 Å². The molecule has 1 heterocycles. The molecule has 2 rings (SSSR count). The molecule has 1 N–H and O–H groups in total. The molecule has 0 saturated carbocycles. The molecule has 0 fully saturated rings. The fourth-order valence-corrected chi connectivity index (χ4v) is 3.35. The molecule has 0 spiro atoms. The molecular formula is C17H24N2O4S. The molecule has 0 aliphatic rings. The molecule has 1 aromatic heterocycles. The molecule has 0 aliphatic heterocycles. The van der Waals surface area contributed by atoms with E-state index in [2.05, 4.69) is 9.71 Å². The minimum absolute atomic E-state index is 0.221. The smallest absolute Gasteiger partial charge is 0.240 e. The van der Waals surface area contributed by atoms with Crippen molar-refractivity contribution in [2.24, 2.45) is 5.41 Å². The fraction of sp³-hybridized carbons (Fsp3) is 0.471. The first-order chi connectivity index (χ1) is 11.2. The molecule has 7 heteroatoms. The van der Waals surface area contributed by atoms with Crippen LogP contribution in [0.3, 0.4) is 0 Å². The van der Waals surface area contributed by atoms with Crippen LogP contribution in [-0.2, 0) is 14.8 Å². The summed E-state index contributed by atoms with van der Waals surface area (Å²) in [6, 6.07) is 6.57. The van der Waals surface area contributed by atoms with Gasteiger partial charge in [-0.1, -0.05) is 26.0 Å². The largest absolute Gasteiger partial charge is 0.449 e. The third-order valence-electron chi connectivity index (χ3n) is 3.52. The van der Waals surface area contributed by atoms with Gasteiger partial charge in [-0.2, -0.15) is 0 Å². The van der Waals surface area contributed by atoms with Crippen molar-refractivity contribution in [2.45, 2.75) is 32.6 Å². The number of oxazole rings is 1.